The highest BCUT2D eigenvalue weighted by Gasteiger charge is 2.20. The second-order valence-corrected chi connectivity index (χ2v) is 14.1. The van der Waals surface area contributed by atoms with E-state index in [0.29, 0.717) is 17.5 Å². The van der Waals surface area contributed by atoms with Crippen LogP contribution in [0.1, 0.15) is 0 Å². The number of para-hydroxylation sites is 2. The number of fused-ring (bicyclic) bond motifs is 6. The molecular formula is C51H32N4O. The van der Waals surface area contributed by atoms with Crippen LogP contribution in [0.25, 0.3) is 111 Å². The van der Waals surface area contributed by atoms with E-state index in [4.69, 9.17) is 19.4 Å². The lowest BCUT2D eigenvalue weighted by Crippen LogP contribution is -2.01. The van der Waals surface area contributed by atoms with Crippen molar-refractivity contribution in [2.24, 2.45) is 0 Å². The lowest BCUT2D eigenvalue weighted by Gasteiger charge is -2.13. The first-order valence-electron chi connectivity index (χ1n) is 18.8. The van der Waals surface area contributed by atoms with Crippen molar-refractivity contribution < 1.29 is 4.42 Å². The molecule has 56 heavy (non-hydrogen) atoms. The summed E-state index contributed by atoms with van der Waals surface area (Å²) in [5, 5.41) is 4.45. The quantitative estimate of drug-likeness (QED) is 0.186. The highest BCUT2D eigenvalue weighted by Crippen LogP contribution is 2.42. The molecule has 0 aliphatic carbocycles. The number of benzene rings is 8. The van der Waals surface area contributed by atoms with Gasteiger partial charge in [-0.25, -0.2) is 15.0 Å². The molecule has 0 atom stereocenters. The SMILES string of the molecule is c1ccc(-c2cc(-c3ccccc3)cc(-c3nc(-c4ccccc4)nc(-c4ccc(-c5ccc6oc7ccccc7c6c5)c5c4[nH]c4ccccc45)n3)c2)cc1. The molecule has 0 saturated carbocycles. The van der Waals surface area contributed by atoms with E-state index in [9.17, 15) is 0 Å². The van der Waals surface area contributed by atoms with Crippen molar-refractivity contribution in [2.75, 3.05) is 0 Å². The molecule has 8 aromatic carbocycles. The average Bonchev–Trinajstić information content (AvgIpc) is 3.85. The zero-order valence-electron chi connectivity index (χ0n) is 30.1. The summed E-state index contributed by atoms with van der Waals surface area (Å²) in [5.41, 5.74) is 13.2. The first-order valence-corrected chi connectivity index (χ1v) is 18.8. The van der Waals surface area contributed by atoms with Gasteiger partial charge in [-0.2, -0.15) is 0 Å². The largest absolute Gasteiger partial charge is 0.456 e. The molecule has 5 heteroatoms. The maximum absolute atomic E-state index is 6.19. The molecule has 1 N–H and O–H groups in total. The topological polar surface area (TPSA) is 67.6 Å². The molecule has 0 saturated heterocycles. The molecule has 0 aliphatic heterocycles. The van der Waals surface area contributed by atoms with Gasteiger partial charge in [0.15, 0.2) is 17.5 Å². The minimum atomic E-state index is 0.597. The molecule has 262 valence electrons. The molecule has 0 fully saturated rings. The standard InChI is InChI=1S/C51H32N4O/c1-4-14-32(15-5-1)36-28-37(33-16-6-2-7-17-33)30-38(29-36)50-53-49(34-18-8-3-9-19-34)54-51(55-50)42-26-25-39(47-41-21-10-12-22-44(41)52-48(42)47)35-24-27-46-43(31-35)40-20-11-13-23-45(40)56-46/h1-31,52H. The molecule has 3 aromatic heterocycles. The molecular weight excluding hydrogens is 685 g/mol. The number of hydrogen-bond donors (Lipinski definition) is 1. The van der Waals surface area contributed by atoms with Crippen LogP contribution >= 0.6 is 0 Å². The lowest BCUT2D eigenvalue weighted by atomic mass is 9.95. The third-order valence-corrected chi connectivity index (χ3v) is 10.7. The van der Waals surface area contributed by atoms with Crippen molar-refractivity contribution in [3.05, 3.63) is 188 Å². The molecule has 11 aromatic rings. The van der Waals surface area contributed by atoms with Gasteiger partial charge < -0.3 is 9.40 Å². The summed E-state index contributed by atoms with van der Waals surface area (Å²) < 4.78 is 6.19. The Morgan fingerprint density at radius 3 is 1.59 bits per heavy atom. The summed E-state index contributed by atoms with van der Waals surface area (Å²) in [4.78, 5) is 19.4. The molecule has 0 amide bonds. The van der Waals surface area contributed by atoms with Gasteiger partial charge in [-0.3, -0.25) is 0 Å². The van der Waals surface area contributed by atoms with E-state index in [1.165, 1.54) is 0 Å². The Morgan fingerprint density at radius 1 is 0.339 bits per heavy atom. The number of nitrogens with one attached hydrogen (secondary N) is 1. The summed E-state index contributed by atoms with van der Waals surface area (Å²) in [5.74, 6) is 1.82. The van der Waals surface area contributed by atoms with Crippen LogP contribution in [-0.2, 0) is 0 Å². The molecule has 3 heterocycles. The van der Waals surface area contributed by atoms with Crippen LogP contribution < -0.4 is 0 Å². The van der Waals surface area contributed by atoms with Crippen LogP contribution in [0.4, 0.5) is 0 Å². The van der Waals surface area contributed by atoms with Crippen molar-refractivity contribution >= 4 is 43.7 Å². The zero-order chi connectivity index (χ0) is 37.0. The maximum Gasteiger partial charge on any atom is 0.166 e. The molecule has 11 rings (SSSR count). The van der Waals surface area contributed by atoms with E-state index in [-0.39, 0.29) is 0 Å². The van der Waals surface area contributed by atoms with Crippen LogP contribution in [0.3, 0.4) is 0 Å². The van der Waals surface area contributed by atoms with Crippen LogP contribution in [-0.4, -0.2) is 19.9 Å². The Kier molecular flexibility index (Phi) is 7.42. The maximum atomic E-state index is 6.19. The Bertz CT molecular complexity index is 3180. The first-order chi connectivity index (χ1) is 27.7. The van der Waals surface area contributed by atoms with E-state index in [2.05, 4.69) is 151 Å². The number of hydrogen-bond acceptors (Lipinski definition) is 4. The van der Waals surface area contributed by atoms with Crippen LogP contribution in [0.2, 0.25) is 0 Å². The van der Waals surface area contributed by atoms with Crippen molar-refractivity contribution in [2.45, 2.75) is 0 Å². The van der Waals surface area contributed by atoms with Crippen LogP contribution in [0, 0.1) is 0 Å². The van der Waals surface area contributed by atoms with Gasteiger partial charge in [-0.1, -0.05) is 140 Å². The van der Waals surface area contributed by atoms with Crippen molar-refractivity contribution in [3.63, 3.8) is 0 Å². The third kappa shape index (κ3) is 5.45. The number of H-pyrrole nitrogens is 1. The smallest absolute Gasteiger partial charge is 0.166 e. The van der Waals surface area contributed by atoms with Gasteiger partial charge >= 0.3 is 0 Å². The zero-order valence-corrected chi connectivity index (χ0v) is 30.1. The predicted molar refractivity (Wildman–Crippen MR) is 229 cm³/mol. The summed E-state index contributed by atoms with van der Waals surface area (Å²) in [6, 6.07) is 65.2. The first kappa shape index (κ1) is 31.9. The fourth-order valence-electron chi connectivity index (χ4n) is 7.97. The summed E-state index contributed by atoms with van der Waals surface area (Å²) >= 11 is 0. The molecule has 0 aliphatic rings. The average molecular weight is 717 g/mol. The number of rotatable bonds is 6. The second-order valence-electron chi connectivity index (χ2n) is 14.1. The normalized spacial score (nSPS) is 11.6. The van der Waals surface area contributed by atoms with Gasteiger partial charge in [0, 0.05) is 43.8 Å². The molecule has 0 unspecified atom stereocenters. The molecule has 5 nitrogen and oxygen atoms in total. The fourth-order valence-corrected chi connectivity index (χ4v) is 7.97. The van der Waals surface area contributed by atoms with Crippen molar-refractivity contribution in [3.8, 4) is 67.5 Å². The molecule has 0 spiro atoms. The number of aromatic nitrogens is 4. The number of nitrogens with zero attached hydrogens (tertiary/aromatic N) is 3. The summed E-state index contributed by atoms with van der Waals surface area (Å²) in [7, 11) is 0. The highest BCUT2D eigenvalue weighted by atomic mass is 16.3. The lowest BCUT2D eigenvalue weighted by molar-refractivity contribution is 0.669. The minimum Gasteiger partial charge on any atom is -0.456 e. The molecule has 0 bridgehead atoms. The van der Waals surface area contributed by atoms with Crippen LogP contribution in [0.5, 0.6) is 0 Å². The van der Waals surface area contributed by atoms with Gasteiger partial charge in [0.1, 0.15) is 11.2 Å². The Labute approximate surface area is 322 Å². The summed E-state index contributed by atoms with van der Waals surface area (Å²) in [6.07, 6.45) is 0. The van der Waals surface area contributed by atoms with Crippen molar-refractivity contribution in [1.82, 2.24) is 19.9 Å². The van der Waals surface area contributed by atoms with Crippen LogP contribution in [0.15, 0.2) is 192 Å². The third-order valence-electron chi connectivity index (χ3n) is 10.7. The number of aromatic amines is 1. The van der Waals surface area contributed by atoms with Gasteiger partial charge in [-0.05, 0) is 81.9 Å². The van der Waals surface area contributed by atoms with Gasteiger partial charge in [0.2, 0.25) is 0 Å². The Morgan fingerprint density at radius 2 is 0.875 bits per heavy atom. The van der Waals surface area contributed by atoms with Gasteiger partial charge in [0.25, 0.3) is 0 Å². The fraction of sp³-hybridized carbons (Fsp3) is 0. The number of furan rings is 1. The van der Waals surface area contributed by atoms with Gasteiger partial charge in [0.05, 0.1) is 5.52 Å². The predicted octanol–water partition coefficient (Wildman–Crippen LogP) is 13.4. The van der Waals surface area contributed by atoms with E-state index in [1.54, 1.807) is 0 Å². The molecule has 0 radical (unpaired) electrons. The minimum absolute atomic E-state index is 0.597. The van der Waals surface area contributed by atoms with E-state index < -0.39 is 0 Å². The monoisotopic (exact) mass is 716 g/mol. The summed E-state index contributed by atoms with van der Waals surface area (Å²) in [6.45, 7) is 0. The van der Waals surface area contributed by atoms with Crippen molar-refractivity contribution in [1.29, 1.82) is 0 Å². The van der Waals surface area contributed by atoms with Gasteiger partial charge in [-0.15, -0.1) is 0 Å². The Balaban J connectivity index is 1.15. The second kappa shape index (κ2) is 13.0. The van der Waals surface area contributed by atoms with E-state index >= 15 is 0 Å². The Hall–Kier alpha value is -7.63. The van der Waals surface area contributed by atoms with E-state index in [0.717, 1.165) is 93.8 Å². The highest BCUT2D eigenvalue weighted by molar-refractivity contribution is 6.18. The van der Waals surface area contributed by atoms with E-state index in [1.807, 2.05) is 42.5 Å².